The van der Waals surface area contributed by atoms with Crippen molar-refractivity contribution in [2.45, 2.75) is 16.3 Å². The molecule has 0 atom stereocenters. The Hall–Kier alpha value is -3.47. The normalized spacial score (nSPS) is 13.0. The molecule has 1 aliphatic carbocycles. The number of carbonyl (C=O) groups is 1. The van der Waals surface area contributed by atoms with Gasteiger partial charge in [0.1, 0.15) is 0 Å². The number of carbonyl (C=O) groups excluding carboxylic acids is 1. The van der Waals surface area contributed by atoms with Crippen LogP contribution in [0.3, 0.4) is 0 Å². The fraction of sp³-hybridized carbons (Fsp3) is 0.107. The molecule has 1 aliphatic rings. The Morgan fingerprint density at radius 3 is 2.00 bits per heavy atom. The summed E-state index contributed by atoms with van der Waals surface area (Å²) in [5.41, 5.74) is 3.58. The van der Waals surface area contributed by atoms with E-state index in [1.54, 1.807) is 0 Å². The van der Waals surface area contributed by atoms with Gasteiger partial charge in [0.25, 0.3) is 10.0 Å². The van der Waals surface area contributed by atoms with E-state index >= 15 is 0 Å². The molecule has 2 N–H and O–H groups in total. The van der Waals surface area contributed by atoms with E-state index < -0.39 is 26.8 Å². The molecule has 0 unspecified atom stereocenters. The zero-order valence-corrected chi connectivity index (χ0v) is 22.4. The molecule has 0 saturated carbocycles. The lowest BCUT2D eigenvalue weighted by Crippen LogP contribution is -2.16. The number of hydrogen-bond acceptors (Lipinski definition) is 4. The number of nitrogens with one attached hydrogen (secondary N) is 2. The third kappa shape index (κ3) is 5.78. The molecule has 0 saturated heterocycles. The highest BCUT2D eigenvalue weighted by Gasteiger charge is 2.34. The maximum atomic E-state index is 13.1. The van der Waals surface area contributed by atoms with Crippen molar-refractivity contribution in [1.82, 2.24) is 0 Å². The van der Waals surface area contributed by atoms with Gasteiger partial charge in [-0.05, 0) is 64.7 Å². The molecular formula is C28H20ClF3N2O3S2. The first-order valence-corrected chi connectivity index (χ1v) is 14.5. The Kier molecular flexibility index (Phi) is 7.37. The molecule has 5 nitrogen and oxygen atoms in total. The first-order chi connectivity index (χ1) is 18.5. The smallest absolute Gasteiger partial charge is 0.325 e. The molecule has 0 bridgehead atoms. The SMILES string of the molecule is O=C(CSC1c2ccccc2-c2ccccc21)Nc1ccc(S(=O)(=O)Nc2ccc(Cl)c(C(F)(F)F)c2)cc1. The number of fused-ring (bicyclic) bond motifs is 3. The fourth-order valence-electron chi connectivity index (χ4n) is 4.38. The topological polar surface area (TPSA) is 75.3 Å². The van der Waals surface area contributed by atoms with Gasteiger partial charge in [-0.2, -0.15) is 13.2 Å². The van der Waals surface area contributed by atoms with Crippen molar-refractivity contribution in [2.24, 2.45) is 0 Å². The van der Waals surface area contributed by atoms with E-state index in [2.05, 4.69) is 34.3 Å². The highest BCUT2D eigenvalue weighted by atomic mass is 35.5. The van der Waals surface area contributed by atoms with Gasteiger partial charge in [-0.1, -0.05) is 60.1 Å². The van der Waals surface area contributed by atoms with Gasteiger partial charge in [0.2, 0.25) is 5.91 Å². The molecule has 5 rings (SSSR count). The van der Waals surface area contributed by atoms with Crippen molar-refractivity contribution in [3.8, 4) is 11.1 Å². The van der Waals surface area contributed by atoms with Crippen molar-refractivity contribution in [3.63, 3.8) is 0 Å². The second-order valence-electron chi connectivity index (χ2n) is 8.74. The van der Waals surface area contributed by atoms with E-state index in [0.717, 1.165) is 34.4 Å². The van der Waals surface area contributed by atoms with Crippen LogP contribution < -0.4 is 10.0 Å². The average molecular weight is 589 g/mol. The van der Waals surface area contributed by atoms with Crippen molar-refractivity contribution in [2.75, 3.05) is 15.8 Å². The molecule has 1 amide bonds. The van der Waals surface area contributed by atoms with Crippen LogP contribution in [0.1, 0.15) is 21.9 Å². The molecule has 0 spiro atoms. The van der Waals surface area contributed by atoms with Crippen LogP contribution in [-0.4, -0.2) is 20.1 Å². The second-order valence-corrected chi connectivity index (χ2v) is 11.9. The van der Waals surface area contributed by atoms with Gasteiger partial charge >= 0.3 is 6.18 Å². The Morgan fingerprint density at radius 1 is 0.846 bits per heavy atom. The highest BCUT2D eigenvalue weighted by molar-refractivity contribution is 8.00. The zero-order chi connectivity index (χ0) is 27.8. The van der Waals surface area contributed by atoms with Crippen LogP contribution >= 0.6 is 23.4 Å². The molecule has 4 aromatic carbocycles. The van der Waals surface area contributed by atoms with Crippen LogP contribution in [0.4, 0.5) is 24.5 Å². The number of benzene rings is 4. The monoisotopic (exact) mass is 588 g/mol. The van der Waals surface area contributed by atoms with Crippen LogP contribution in [0.5, 0.6) is 0 Å². The molecule has 39 heavy (non-hydrogen) atoms. The number of alkyl halides is 3. The minimum Gasteiger partial charge on any atom is -0.325 e. The van der Waals surface area contributed by atoms with E-state index in [4.69, 9.17) is 11.6 Å². The van der Waals surface area contributed by atoms with Crippen molar-refractivity contribution in [1.29, 1.82) is 0 Å². The Morgan fingerprint density at radius 2 is 1.41 bits per heavy atom. The summed E-state index contributed by atoms with van der Waals surface area (Å²) < 4.78 is 66.9. The summed E-state index contributed by atoms with van der Waals surface area (Å²) in [6, 6.07) is 24.3. The summed E-state index contributed by atoms with van der Waals surface area (Å²) in [6.07, 6.45) is -4.73. The lowest BCUT2D eigenvalue weighted by molar-refractivity contribution is -0.137. The van der Waals surface area contributed by atoms with Crippen molar-refractivity contribution >= 4 is 50.7 Å². The predicted octanol–water partition coefficient (Wildman–Crippen LogP) is 7.60. The molecule has 200 valence electrons. The van der Waals surface area contributed by atoms with Gasteiger partial charge in [0.15, 0.2) is 0 Å². The van der Waals surface area contributed by atoms with Crippen molar-refractivity contribution < 1.29 is 26.4 Å². The van der Waals surface area contributed by atoms with Gasteiger partial charge in [-0.3, -0.25) is 9.52 Å². The number of sulfonamides is 1. The summed E-state index contributed by atoms with van der Waals surface area (Å²) in [6.45, 7) is 0. The maximum Gasteiger partial charge on any atom is 0.417 e. The van der Waals surface area contributed by atoms with Gasteiger partial charge in [0.05, 0.1) is 26.5 Å². The third-order valence-corrected chi connectivity index (χ3v) is 9.13. The Bertz CT molecular complexity index is 1610. The molecule has 0 aromatic heterocycles. The first kappa shape index (κ1) is 27.1. The average Bonchev–Trinajstić information content (AvgIpc) is 3.22. The van der Waals surface area contributed by atoms with Crippen LogP contribution in [-0.2, 0) is 21.0 Å². The van der Waals surface area contributed by atoms with E-state index in [-0.39, 0.29) is 27.5 Å². The van der Waals surface area contributed by atoms with E-state index in [1.165, 1.54) is 36.0 Å². The molecule has 0 heterocycles. The van der Waals surface area contributed by atoms with Gasteiger partial charge < -0.3 is 5.32 Å². The minimum absolute atomic E-state index is 0.0208. The molecule has 0 fully saturated rings. The third-order valence-electron chi connectivity index (χ3n) is 6.13. The predicted molar refractivity (Wildman–Crippen MR) is 149 cm³/mol. The number of halogens is 4. The van der Waals surface area contributed by atoms with Crippen LogP contribution in [0, 0.1) is 0 Å². The Balaban J connectivity index is 1.23. The lowest BCUT2D eigenvalue weighted by atomic mass is 10.1. The minimum atomic E-state index is -4.73. The van der Waals surface area contributed by atoms with Gasteiger partial charge in [-0.15, -0.1) is 11.8 Å². The molecule has 11 heteroatoms. The lowest BCUT2D eigenvalue weighted by Gasteiger charge is -2.14. The summed E-state index contributed by atoms with van der Waals surface area (Å²) >= 11 is 7.10. The van der Waals surface area contributed by atoms with E-state index in [9.17, 15) is 26.4 Å². The highest BCUT2D eigenvalue weighted by Crippen LogP contribution is 2.49. The molecular weight excluding hydrogens is 569 g/mol. The van der Waals surface area contributed by atoms with Crippen LogP contribution in [0.15, 0.2) is 95.9 Å². The number of amides is 1. The zero-order valence-electron chi connectivity index (χ0n) is 20.0. The second kappa shape index (κ2) is 10.6. The molecule has 0 radical (unpaired) electrons. The molecule has 0 aliphatic heterocycles. The van der Waals surface area contributed by atoms with Crippen LogP contribution in [0.25, 0.3) is 11.1 Å². The largest absolute Gasteiger partial charge is 0.417 e. The van der Waals surface area contributed by atoms with Gasteiger partial charge in [0, 0.05) is 11.4 Å². The summed E-state index contributed by atoms with van der Waals surface area (Å²) in [7, 11) is -4.19. The maximum absolute atomic E-state index is 13.1. The number of anilines is 2. The molecule has 4 aromatic rings. The van der Waals surface area contributed by atoms with Gasteiger partial charge in [-0.25, -0.2) is 8.42 Å². The van der Waals surface area contributed by atoms with Crippen molar-refractivity contribution in [3.05, 3.63) is 113 Å². The first-order valence-electron chi connectivity index (χ1n) is 11.6. The summed E-state index contributed by atoms with van der Waals surface area (Å²) in [5, 5.41) is 2.24. The number of rotatable bonds is 7. The van der Waals surface area contributed by atoms with E-state index in [1.807, 2.05) is 24.3 Å². The quantitative estimate of drug-likeness (QED) is 0.233. The summed E-state index contributed by atoms with van der Waals surface area (Å²) in [4.78, 5) is 12.5. The standard InChI is InChI=1S/C28H20ClF3N2O3S2/c29-25-14-11-18(15-24(25)28(30,31)32)34-39(36,37)19-12-9-17(10-13-19)33-26(35)16-38-27-22-7-3-1-5-20(22)21-6-2-4-8-23(21)27/h1-15,27,34H,16H2,(H,33,35). The van der Waals surface area contributed by atoms with Crippen LogP contribution in [0.2, 0.25) is 5.02 Å². The number of hydrogen-bond donors (Lipinski definition) is 2. The summed E-state index contributed by atoms with van der Waals surface area (Å²) in [5.74, 6) is -0.0796. The van der Waals surface area contributed by atoms with E-state index in [0.29, 0.717) is 11.8 Å². The Labute approximate surface area is 232 Å². The fourth-order valence-corrected chi connectivity index (χ4v) is 6.82. The number of thioether (sulfide) groups is 1.